The molecule has 43 heavy (non-hydrogen) atoms. The number of hydrogen-bond donors (Lipinski definition) is 4. The Balaban J connectivity index is 1.70. The van der Waals surface area contributed by atoms with E-state index < -0.39 is 47.3 Å². The molecule has 2 unspecified atom stereocenters. The normalized spacial score (nSPS) is 12.8. The molecule has 0 aliphatic carbocycles. The Morgan fingerprint density at radius 3 is 2.42 bits per heavy atom. The smallest absolute Gasteiger partial charge is 0.366 e. The Morgan fingerprint density at radius 1 is 0.977 bits per heavy atom. The van der Waals surface area contributed by atoms with Crippen LogP contribution in [0.1, 0.15) is 46.1 Å². The van der Waals surface area contributed by atoms with Crippen LogP contribution in [-0.4, -0.2) is 35.2 Å². The number of quaternary nitrogens is 1. The molecule has 0 saturated heterocycles. The summed E-state index contributed by atoms with van der Waals surface area (Å²) < 4.78 is 68.1. The van der Waals surface area contributed by atoms with Crippen LogP contribution in [0.5, 0.6) is 0 Å². The molecular weight excluding hydrogens is 569 g/mol. The van der Waals surface area contributed by atoms with E-state index in [9.17, 15) is 31.5 Å². The zero-order chi connectivity index (χ0) is 31.3. The number of carbonyl (C=O) groups excluding carboxylic acids is 2. The van der Waals surface area contributed by atoms with Gasteiger partial charge in [-0.2, -0.15) is 13.2 Å². The summed E-state index contributed by atoms with van der Waals surface area (Å²) in [6, 6.07) is 17.3. The molecule has 4 aromatic rings. The van der Waals surface area contributed by atoms with Crippen LogP contribution in [0.15, 0.2) is 85.1 Å². The Morgan fingerprint density at radius 2 is 1.72 bits per heavy atom. The van der Waals surface area contributed by atoms with Crippen LogP contribution in [0.25, 0.3) is 11.1 Å². The van der Waals surface area contributed by atoms with Crippen molar-refractivity contribution in [1.29, 1.82) is 5.41 Å². The lowest BCUT2D eigenvalue weighted by molar-refractivity contribution is -0.559. The van der Waals surface area contributed by atoms with Crippen molar-refractivity contribution < 1.29 is 36.9 Å². The molecule has 2 amide bonds. The van der Waals surface area contributed by atoms with Gasteiger partial charge in [-0.15, -0.1) is 0 Å². The molecule has 3 aromatic carbocycles. The first-order chi connectivity index (χ1) is 20.4. The fourth-order valence-corrected chi connectivity index (χ4v) is 4.69. The van der Waals surface area contributed by atoms with Crippen molar-refractivity contribution in [3.05, 3.63) is 119 Å². The van der Waals surface area contributed by atoms with Crippen molar-refractivity contribution in [2.45, 2.75) is 25.1 Å². The maximum absolute atomic E-state index is 14.2. The number of primary amides is 1. The molecule has 6 N–H and O–H groups in total. The molecule has 0 fully saturated rings. The van der Waals surface area contributed by atoms with Crippen LogP contribution in [0.4, 0.5) is 27.6 Å². The molecule has 2 atom stereocenters. The number of nitrogens with one attached hydrogen (secondary N) is 2. The van der Waals surface area contributed by atoms with E-state index in [2.05, 4.69) is 10.3 Å². The standard InChI is InChI=1S/C31H26F5N5O2/c1-17(18-6-4-7-20(32)14-18)27(28-21(9-5-13-39-28)19-11-12-24(33)23(15-19)30(38)43)41-26(42)16-40-25-10-3-2-8-22(25)29(37)31(34,35)36/h2-15,17,27,37,40H,16H2,1H3,(H2,38,43)(H,41,42)/p+1. The van der Waals surface area contributed by atoms with Crippen molar-refractivity contribution in [3.8, 4) is 11.1 Å². The minimum absolute atomic E-state index is 0.0542. The van der Waals surface area contributed by atoms with Crippen molar-refractivity contribution in [1.82, 2.24) is 10.3 Å². The second-order valence-corrected chi connectivity index (χ2v) is 9.75. The summed E-state index contributed by atoms with van der Waals surface area (Å²) in [4.78, 5) is 29.6. The largest absolute Gasteiger partial charge is 0.433 e. The third-order valence-corrected chi connectivity index (χ3v) is 6.89. The predicted octanol–water partition coefficient (Wildman–Crippen LogP) is 4.91. The first kappa shape index (κ1) is 31.0. The average molecular weight is 597 g/mol. The van der Waals surface area contributed by atoms with E-state index in [0.29, 0.717) is 22.4 Å². The molecule has 222 valence electrons. The Bertz CT molecular complexity index is 1670. The Labute approximate surface area is 243 Å². The van der Waals surface area contributed by atoms with Gasteiger partial charge in [0.1, 0.15) is 23.0 Å². The van der Waals surface area contributed by atoms with Crippen molar-refractivity contribution in [2.75, 3.05) is 6.54 Å². The van der Waals surface area contributed by atoms with E-state index in [1.54, 1.807) is 25.1 Å². The highest BCUT2D eigenvalue weighted by Crippen LogP contribution is 2.36. The molecule has 0 spiro atoms. The molecule has 0 saturated carbocycles. The quantitative estimate of drug-likeness (QED) is 0.118. The first-order valence-corrected chi connectivity index (χ1v) is 13.0. The number of halogens is 5. The molecule has 1 aromatic heterocycles. The van der Waals surface area contributed by atoms with Gasteiger partial charge in [-0.05, 0) is 53.6 Å². The van der Waals surface area contributed by atoms with E-state index in [4.69, 9.17) is 11.1 Å². The number of rotatable bonds is 10. The Kier molecular flexibility index (Phi) is 9.30. The van der Waals surface area contributed by atoms with Gasteiger partial charge in [0.25, 0.3) is 11.8 Å². The Hall–Kier alpha value is -4.97. The van der Waals surface area contributed by atoms with Crippen LogP contribution >= 0.6 is 0 Å². The minimum atomic E-state index is -4.87. The van der Waals surface area contributed by atoms with Crippen molar-refractivity contribution in [3.63, 3.8) is 0 Å². The van der Waals surface area contributed by atoms with Crippen LogP contribution in [-0.2, 0) is 4.79 Å². The van der Waals surface area contributed by atoms with Crippen molar-refractivity contribution in [2.24, 2.45) is 5.73 Å². The minimum Gasteiger partial charge on any atom is -0.366 e. The topological polar surface area (TPSA) is 126 Å². The molecule has 0 bridgehead atoms. The van der Waals surface area contributed by atoms with Gasteiger partial charge in [0.2, 0.25) is 0 Å². The highest BCUT2D eigenvalue weighted by Gasteiger charge is 2.37. The molecule has 7 nitrogen and oxygen atoms in total. The van der Waals surface area contributed by atoms with Gasteiger partial charge < -0.3 is 16.4 Å². The maximum atomic E-state index is 14.2. The second kappa shape index (κ2) is 12.9. The number of aromatic nitrogens is 1. The van der Waals surface area contributed by atoms with Gasteiger partial charge in [0.15, 0.2) is 6.54 Å². The van der Waals surface area contributed by atoms with Gasteiger partial charge in [-0.1, -0.05) is 43.3 Å². The summed E-state index contributed by atoms with van der Waals surface area (Å²) in [5.74, 6) is -3.45. The summed E-state index contributed by atoms with van der Waals surface area (Å²) in [5.41, 5.74) is 4.79. The lowest BCUT2D eigenvalue weighted by Crippen LogP contribution is -2.81. The molecule has 0 aliphatic heterocycles. The number of hydrogen-bond acceptors (Lipinski definition) is 4. The zero-order valence-corrected chi connectivity index (χ0v) is 22.8. The number of benzene rings is 3. The summed E-state index contributed by atoms with van der Waals surface area (Å²) in [5, 5.41) is 11.7. The molecule has 4 rings (SSSR count). The molecule has 0 radical (unpaired) electrons. The number of para-hydroxylation sites is 1. The predicted molar refractivity (Wildman–Crippen MR) is 150 cm³/mol. The number of amides is 2. The summed E-state index contributed by atoms with van der Waals surface area (Å²) in [6.07, 6.45) is -3.40. The summed E-state index contributed by atoms with van der Waals surface area (Å²) in [6.45, 7) is 1.39. The number of carbonyl (C=O) groups is 2. The van der Waals surface area contributed by atoms with Gasteiger partial charge in [0.05, 0.1) is 22.9 Å². The van der Waals surface area contributed by atoms with Gasteiger partial charge in [-0.25, -0.2) is 8.78 Å². The molecular formula is C31H27F5N5O2+. The van der Waals surface area contributed by atoms with Gasteiger partial charge >= 0.3 is 6.18 Å². The zero-order valence-electron chi connectivity index (χ0n) is 22.8. The first-order valence-electron chi connectivity index (χ1n) is 13.0. The van der Waals surface area contributed by atoms with Gasteiger partial charge in [0, 0.05) is 17.7 Å². The van der Waals surface area contributed by atoms with E-state index in [0.717, 1.165) is 12.1 Å². The van der Waals surface area contributed by atoms with E-state index in [1.807, 2.05) is 0 Å². The number of nitrogens with zero attached hydrogens (tertiary/aromatic N) is 1. The monoisotopic (exact) mass is 596 g/mol. The third-order valence-electron chi connectivity index (χ3n) is 6.89. The molecule has 0 aliphatic rings. The summed E-state index contributed by atoms with van der Waals surface area (Å²) in [7, 11) is 0. The van der Waals surface area contributed by atoms with E-state index >= 15 is 0 Å². The van der Waals surface area contributed by atoms with E-state index in [1.165, 1.54) is 60.0 Å². The summed E-state index contributed by atoms with van der Waals surface area (Å²) >= 11 is 0. The lowest BCUT2D eigenvalue weighted by Gasteiger charge is -2.27. The second-order valence-electron chi connectivity index (χ2n) is 9.75. The number of alkyl halides is 3. The fraction of sp³-hybridized carbons (Fsp3) is 0.161. The lowest BCUT2D eigenvalue weighted by atomic mass is 9.87. The van der Waals surface area contributed by atoms with Crippen LogP contribution in [0.3, 0.4) is 0 Å². The maximum Gasteiger partial charge on any atom is 0.433 e. The SMILES string of the molecule is CC(c1cccc(F)c1)C(NC(=O)C[NH2+]c1ccccc1C(=N)C(F)(F)F)c1ncccc1-c1ccc(F)c(C(N)=O)c1. The van der Waals surface area contributed by atoms with Crippen LogP contribution in [0, 0.1) is 17.0 Å². The highest BCUT2D eigenvalue weighted by molar-refractivity contribution is 6.05. The third kappa shape index (κ3) is 7.28. The average Bonchev–Trinajstić information content (AvgIpc) is 2.98. The molecule has 1 heterocycles. The van der Waals surface area contributed by atoms with Crippen LogP contribution in [0.2, 0.25) is 0 Å². The number of pyridine rings is 1. The van der Waals surface area contributed by atoms with Crippen molar-refractivity contribution >= 4 is 23.2 Å². The van der Waals surface area contributed by atoms with E-state index in [-0.39, 0.29) is 23.4 Å². The fourth-order valence-electron chi connectivity index (χ4n) is 4.69. The van der Waals surface area contributed by atoms with Gasteiger partial charge in [-0.3, -0.25) is 20.0 Å². The van der Waals surface area contributed by atoms with Crippen LogP contribution < -0.4 is 16.4 Å². The molecule has 12 heteroatoms. The number of nitrogens with two attached hydrogens (primary N) is 2. The highest BCUT2D eigenvalue weighted by atomic mass is 19.4.